The van der Waals surface area contributed by atoms with Crippen LogP contribution in [0, 0.1) is 0 Å². The molecule has 1 aromatic carbocycles. The summed E-state index contributed by atoms with van der Waals surface area (Å²) in [5, 5.41) is 0. The Morgan fingerprint density at radius 1 is 1.26 bits per heavy atom. The molecule has 0 bridgehead atoms. The summed E-state index contributed by atoms with van der Waals surface area (Å²) in [6.45, 7) is 2.47. The molecule has 1 aromatic rings. The zero-order chi connectivity index (χ0) is 13.8. The number of carbonyl (C=O) groups excluding carboxylic acids is 1. The van der Waals surface area contributed by atoms with E-state index in [1.54, 1.807) is 14.2 Å². The fourth-order valence-electron chi connectivity index (χ4n) is 2.40. The molecule has 1 amide bonds. The minimum absolute atomic E-state index is 0.252. The van der Waals surface area contributed by atoms with Crippen molar-refractivity contribution in [3.63, 3.8) is 0 Å². The third-order valence-corrected chi connectivity index (χ3v) is 3.47. The first-order valence-electron chi connectivity index (χ1n) is 6.38. The lowest BCUT2D eigenvalue weighted by Gasteiger charge is -2.29. The highest BCUT2D eigenvalue weighted by atomic mass is 16.5. The summed E-state index contributed by atoms with van der Waals surface area (Å²) in [4.78, 5) is 13.1. The van der Waals surface area contributed by atoms with E-state index in [-0.39, 0.29) is 5.91 Å². The number of fused-ring (bicyclic) bond motifs is 1. The zero-order valence-electron chi connectivity index (χ0n) is 11.4. The number of carbonyl (C=O) groups is 1. The Morgan fingerprint density at radius 2 is 1.89 bits per heavy atom. The molecule has 0 spiro atoms. The average Bonchev–Trinajstić information content (AvgIpc) is 2.43. The number of amides is 1. The molecule has 5 nitrogen and oxygen atoms in total. The molecule has 2 N–H and O–H groups in total. The largest absolute Gasteiger partial charge is 0.493 e. The summed E-state index contributed by atoms with van der Waals surface area (Å²) in [6.07, 6.45) is 1.36. The van der Waals surface area contributed by atoms with Crippen LogP contribution in [-0.4, -0.2) is 38.1 Å². The van der Waals surface area contributed by atoms with Gasteiger partial charge in [0.05, 0.1) is 14.2 Å². The molecule has 0 aromatic heterocycles. The van der Waals surface area contributed by atoms with Crippen molar-refractivity contribution in [3.05, 3.63) is 23.3 Å². The molecular weight excluding hydrogens is 244 g/mol. The summed E-state index contributed by atoms with van der Waals surface area (Å²) < 4.78 is 10.6. The molecule has 1 heterocycles. The van der Waals surface area contributed by atoms with Gasteiger partial charge in [0, 0.05) is 26.1 Å². The van der Waals surface area contributed by atoms with Crippen molar-refractivity contribution in [2.24, 2.45) is 5.73 Å². The van der Waals surface area contributed by atoms with E-state index in [9.17, 15) is 4.79 Å². The molecule has 1 aliphatic rings. The van der Waals surface area contributed by atoms with Crippen molar-refractivity contribution in [2.75, 3.05) is 27.3 Å². The molecule has 0 aliphatic carbocycles. The van der Waals surface area contributed by atoms with Gasteiger partial charge in [-0.3, -0.25) is 9.69 Å². The monoisotopic (exact) mass is 264 g/mol. The van der Waals surface area contributed by atoms with E-state index >= 15 is 0 Å². The first kappa shape index (κ1) is 13.7. The maximum atomic E-state index is 10.8. The van der Waals surface area contributed by atoms with Crippen LogP contribution in [0.5, 0.6) is 11.5 Å². The van der Waals surface area contributed by atoms with Crippen molar-refractivity contribution in [2.45, 2.75) is 19.4 Å². The van der Waals surface area contributed by atoms with Crippen LogP contribution in [0.3, 0.4) is 0 Å². The van der Waals surface area contributed by atoms with Gasteiger partial charge in [0.2, 0.25) is 5.91 Å². The van der Waals surface area contributed by atoms with Crippen LogP contribution in [-0.2, 0) is 17.8 Å². The molecule has 1 aliphatic heterocycles. The number of benzene rings is 1. The quantitative estimate of drug-likeness (QED) is 0.859. The number of primary amides is 1. The maximum absolute atomic E-state index is 10.8. The summed E-state index contributed by atoms with van der Waals surface area (Å²) in [6, 6.07) is 4.06. The number of hydrogen-bond acceptors (Lipinski definition) is 4. The van der Waals surface area contributed by atoms with Crippen LogP contribution in [0.4, 0.5) is 0 Å². The second-order valence-electron chi connectivity index (χ2n) is 4.72. The lowest BCUT2D eigenvalue weighted by molar-refractivity contribution is -0.118. The van der Waals surface area contributed by atoms with Gasteiger partial charge in [0.15, 0.2) is 11.5 Å². The average molecular weight is 264 g/mol. The predicted molar refractivity (Wildman–Crippen MR) is 72.3 cm³/mol. The van der Waals surface area contributed by atoms with Crippen molar-refractivity contribution >= 4 is 5.91 Å². The van der Waals surface area contributed by atoms with Gasteiger partial charge in [-0.15, -0.1) is 0 Å². The van der Waals surface area contributed by atoms with Crippen LogP contribution < -0.4 is 15.2 Å². The zero-order valence-corrected chi connectivity index (χ0v) is 11.4. The van der Waals surface area contributed by atoms with Crippen molar-refractivity contribution in [1.82, 2.24) is 4.90 Å². The second kappa shape index (κ2) is 5.93. The number of hydrogen-bond donors (Lipinski definition) is 1. The van der Waals surface area contributed by atoms with Gasteiger partial charge in [-0.2, -0.15) is 0 Å². The van der Waals surface area contributed by atoms with E-state index in [0.29, 0.717) is 13.0 Å². The smallest absolute Gasteiger partial charge is 0.218 e. The molecule has 0 radical (unpaired) electrons. The molecule has 0 fully saturated rings. The van der Waals surface area contributed by atoms with Gasteiger partial charge in [-0.25, -0.2) is 0 Å². The fourth-order valence-corrected chi connectivity index (χ4v) is 2.40. The van der Waals surface area contributed by atoms with Gasteiger partial charge in [0.1, 0.15) is 0 Å². The number of rotatable bonds is 5. The molecule has 104 valence electrons. The minimum Gasteiger partial charge on any atom is -0.493 e. The highest BCUT2D eigenvalue weighted by Gasteiger charge is 2.19. The van der Waals surface area contributed by atoms with E-state index in [2.05, 4.69) is 4.90 Å². The predicted octanol–water partition coefficient (Wildman–Crippen LogP) is 0.937. The fraction of sp³-hybridized carbons (Fsp3) is 0.500. The molecule has 5 heteroatoms. The van der Waals surface area contributed by atoms with Crippen LogP contribution in [0.25, 0.3) is 0 Å². The first-order valence-corrected chi connectivity index (χ1v) is 6.38. The van der Waals surface area contributed by atoms with Gasteiger partial charge in [-0.1, -0.05) is 0 Å². The Labute approximate surface area is 113 Å². The lowest BCUT2D eigenvalue weighted by atomic mass is 9.98. The van der Waals surface area contributed by atoms with E-state index < -0.39 is 0 Å². The van der Waals surface area contributed by atoms with Crippen LogP contribution in [0.2, 0.25) is 0 Å². The second-order valence-corrected chi connectivity index (χ2v) is 4.72. The number of nitrogens with two attached hydrogens (primary N) is 1. The SMILES string of the molecule is COc1cc2c(cc1OC)CN(CCC(N)=O)CC2. The van der Waals surface area contributed by atoms with Crippen LogP contribution in [0.1, 0.15) is 17.5 Å². The summed E-state index contributed by atoms with van der Waals surface area (Å²) in [7, 11) is 3.28. The standard InChI is InChI=1S/C14H20N2O3/c1-18-12-7-10-3-5-16(6-4-14(15)17)9-11(10)8-13(12)19-2/h7-8H,3-6,9H2,1-2H3,(H2,15,17). The van der Waals surface area contributed by atoms with Crippen LogP contribution >= 0.6 is 0 Å². The Balaban J connectivity index is 2.13. The minimum atomic E-state index is -0.252. The Kier molecular flexibility index (Phi) is 4.27. The maximum Gasteiger partial charge on any atom is 0.218 e. The molecule has 0 saturated carbocycles. The molecule has 0 saturated heterocycles. The van der Waals surface area contributed by atoms with Crippen LogP contribution in [0.15, 0.2) is 12.1 Å². The molecule has 19 heavy (non-hydrogen) atoms. The number of ether oxygens (including phenoxy) is 2. The lowest BCUT2D eigenvalue weighted by Crippen LogP contribution is -2.33. The van der Waals surface area contributed by atoms with Gasteiger partial charge >= 0.3 is 0 Å². The summed E-state index contributed by atoms with van der Waals surface area (Å²) in [5.41, 5.74) is 7.70. The van der Waals surface area contributed by atoms with E-state index in [1.807, 2.05) is 12.1 Å². The summed E-state index contributed by atoms with van der Waals surface area (Å²) >= 11 is 0. The topological polar surface area (TPSA) is 64.8 Å². The Hall–Kier alpha value is -1.75. The Morgan fingerprint density at radius 3 is 2.47 bits per heavy atom. The van der Waals surface area contributed by atoms with E-state index in [1.165, 1.54) is 11.1 Å². The number of nitrogens with zero attached hydrogens (tertiary/aromatic N) is 1. The molecule has 0 atom stereocenters. The molecular formula is C14H20N2O3. The Bertz CT molecular complexity index is 474. The van der Waals surface area contributed by atoms with Gasteiger partial charge < -0.3 is 15.2 Å². The highest BCUT2D eigenvalue weighted by Crippen LogP contribution is 2.33. The van der Waals surface area contributed by atoms with Crippen molar-refractivity contribution in [1.29, 1.82) is 0 Å². The van der Waals surface area contributed by atoms with Crippen molar-refractivity contribution in [3.8, 4) is 11.5 Å². The van der Waals surface area contributed by atoms with Crippen molar-refractivity contribution < 1.29 is 14.3 Å². The number of methoxy groups -OCH3 is 2. The van der Waals surface area contributed by atoms with Gasteiger partial charge in [-0.05, 0) is 29.7 Å². The van der Waals surface area contributed by atoms with E-state index in [4.69, 9.17) is 15.2 Å². The first-order chi connectivity index (χ1) is 9.13. The van der Waals surface area contributed by atoms with E-state index in [0.717, 1.165) is 31.0 Å². The van der Waals surface area contributed by atoms with Gasteiger partial charge in [0.25, 0.3) is 0 Å². The third kappa shape index (κ3) is 3.17. The molecule has 0 unspecified atom stereocenters. The third-order valence-electron chi connectivity index (χ3n) is 3.47. The normalized spacial score (nSPS) is 14.8. The molecule has 2 rings (SSSR count). The summed E-state index contributed by atoms with van der Waals surface area (Å²) in [5.74, 6) is 1.27. The highest BCUT2D eigenvalue weighted by molar-refractivity contribution is 5.73.